The SMILES string of the molecule is CC(=O)Oc1cccc(C(=O)Nc2ccccc2NC(=O)c2ccc(C(F)(F)F)cc2)c1. The second kappa shape index (κ2) is 9.34. The number of hydrogen-bond acceptors (Lipinski definition) is 4. The van der Waals surface area contributed by atoms with Crippen molar-refractivity contribution in [2.24, 2.45) is 0 Å². The first-order chi connectivity index (χ1) is 15.1. The maximum absolute atomic E-state index is 12.7. The summed E-state index contributed by atoms with van der Waals surface area (Å²) in [5.41, 5.74) is -0.101. The minimum atomic E-state index is -4.50. The highest BCUT2D eigenvalue weighted by molar-refractivity contribution is 6.10. The van der Waals surface area contributed by atoms with Gasteiger partial charge in [-0.1, -0.05) is 18.2 Å². The Morgan fingerprint density at radius 1 is 0.750 bits per heavy atom. The van der Waals surface area contributed by atoms with Crippen LogP contribution < -0.4 is 15.4 Å². The fourth-order valence-corrected chi connectivity index (χ4v) is 2.77. The van der Waals surface area contributed by atoms with E-state index in [1.165, 1.54) is 31.2 Å². The summed E-state index contributed by atoms with van der Waals surface area (Å²) in [6.45, 7) is 1.24. The lowest BCUT2D eigenvalue weighted by atomic mass is 10.1. The zero-order valence-corrected chi connectivity index (χ0v) is 16.7. The molecule has 0 fully saturated rings. The number of esters is 1. The average molecular weight is 442 g/mol. The summed E-state index contributed by atoms with van der Waals surface area (Å²) < 4.78 is 43.1. The van der Waals surface area contributed by atoms with Gasteiger partial charge in [0.05, 0.1) is 16.9 Å². The lowest BCUT2D eigenvalue weighted by Crippen LogP contribution is -2.17. The molecule has 0 radical (unpaired) electrons. The van der Waals surface area contributed by atoms with Crippen molar-refractivity contribution < 1.29 is 32.3 Å². The standard InChI is InChI=1S/C23H17F3N2O4/c1-14(29)32-18-6-4-5-16(13-18)22(31)28-20-8-3-2-7-19(20)27-21(30)15-9-11-17(12-10-15)23(24,25)26/h2-13H,1H3,(H,27,30)(H,28,31). The van der Waals surface area contributed by atoms with E-state index in [-0.39, 0.29) is 28.3 Å². The molecule has 0 aliphatic heterocycles. The predicted octanol–water partition coefficient (Wildman–Crippen LogP) is 5.14. The number of anilines is 2. The molecule has 32 heavy (non-hydrogen) atoms. The molecule has 0 bridgehead atoms. The molecule has 0 aromatic heterocycles. The van der Waals surface area contributed by atoms with Gasteiger partial charge in [0.1, 0.15) is 5.75 Å². The predicted molar refractivity (Wildman–Crippen MR) is 112 cm³/mol. The van der Waals surface area contributed by atoms with E-state index >= 15 is 0 Å². The van der Waals surface area contributed by atoms with Crippen LogP contribution in [0.15, 0.2) is 72.8 Å². The zero-order valence-electron chi connectivity index (χ0n) is 16.7. The van der Waals surface area contributed by atoms with E-state index in [2.05, 4.69) is 10.6 Å². The monoisotopic (exact) mass is 442 g/mol. The quantitative estimate of drug-likeness (QED) is 0.424. The second-order valence-corrected chi connectivity index (χ2v) is 6.65. The van der Waals surface area contributed by atoms with Crippen molar-refractivity contribution in [1.82, 2.24) is 0 Å². The Labute approximate surface area is 181 Å². The van der Waals surface area contributed by atoms with E-state index < -0.39 is 29.5 Å². The molecule has 2 amide bonds. The van der Waals surface area contributed by atoms with E-state index in [9.17, 15) is 27.6 Å². The average Bonchev–Trinajstić information content (AvgIpc) is 2.74. The van der Waals surface area contributed by atoms with Gasteiger partial charge in [-0.2, -0.15) is 13.2 Å². The number of hydrogen-bond donors (Lipinski definition) is 2. The lowest BCUT2D eigenvalue weighted by Gasteiger charge is -2.13. The van der Waals surface area contributed by atoms with Crippen LogP contribution in [0.5, 0.6) is 5.75 Å². The van der Waals surface area contributed by atoms with Gasteiger partial charge in [0, 0.05) is 18.1 Å². The van der Waals surface area contributed by atoms with Gasteiger partial charge < -0.3 is 15.4 Å². The minimum absolute atomic E-state index is 0.0215. The normalized spacial score (nSPS) is 10.9. The maximum atomic E-state index is 12.7. The molecule has 9 heteroatoms. The highest BCUT2D eigenvalue weighted by atomic mass is 19.4. The Morgan fingerprint density at radius 2 is 1.31 bits per heavy atom. The zero-order chi connectivity index (χ0) is 23.3. The van der Waals surface area contributed by atoms with Crippen molar-refractivity contribution in [3.63, 3.8) is 0 Å². The summed E-state index contributed by atoms with van der Waals surface area (Å²) in [5, 5.41) is 5.23. The Morgan fingerprint density at radius 3 is 1.84 bits per heavy atom. The van der Waals surface area contributed by atoms with Crippen molar-refractivity contribution >= 4 is 29.2 Å². The van der Waals surface area contributed by atoms with Crippen molar-refractivity contribution in [2.75, 3.05) is 10.6 Å². The van der Waals surface area contributed by atoms with Crippen LogP contribution in [0, 0.1) is 0 Å². The summed E-state index contributed by atoms with van der Waals surface area (Å²) in [5.74, 6) is -1.49. The Kier molecular flexibility index (Phi) is 6.58. The first kappa shape index (κ1) is 22.5. The fraction of sp³-hybridized carbons (Fsp3) is 0.0870. The van der Waals surface area contributed by atoms with Gasteiger partial charge in [-0.05, 0) is 54.6 Å². The number of nitrogens with one attached hydrogen (secondary N) is 2. The maximum Gasteiger partial charge on any atom is 0.416 e. The Bertz CT molecular complexity index is 1160. The van der Waals surface area contributed by atoms with Crippen LogP contribution in [0.25, 0.3) is 0 Å². The molecule has 0 spiro atoms. The first-order valence-electron chi connectivity index (χ1n) is 9.31. The molecule has 3 aromatic carbocycles. The number of carbonyl (C=O) groups excluding carboxylic acids is 3. The van der Waals surface area contributed by atoms with Gasteiger partial charge in [-0.3, -0.25) is 14.4 Å². The Balaban J connectivity index is 1.75. The molecule has 0 saturated heterocycles. The van der Waals surface area contributed by atoms with Gasteiger partial charge in [0.2, 0.25) is 0 Å². The summed E-state index contributed by atoms with van der Waals surface area (Å²) in [6, 6.07) is 16.1. The molecule has 3 aromatic rings. The van der Waals surface area contributed by atoms with E-state index in [1.807, 2.05) is 0 Å². The second-order valence-electron chi connectivity index (χ2n) is 6.65. The van der Waals surface area contributed by atoms with E-state index in [1.54, 1.807) is 24.3 Å². The fourth-order valence-electron chi connectivity index (χ4n) is 2.77. The molecular formula is C23H17F3N2O4. The number of amides is 2. The van der Waals surface area contributed by atoms with Gasteiger partial charge >= 0.3 is 12.1 Å². The van der Waals surface area contributed by atoms with E-state index in [0.29, 0.717) is 0 Å². The molecule has 3 rings (SSSR count). The molecule has 0 saturated carbocycles. The molecule has 0 atom stereocenters. The number of rotatable bonds is 5. The number of carbonyl (C=O) groups is 3. The molecule has 6 nitrogen and oxygen atoms in total. The number of alkyl halides is 3. The van der Waals surface area contributed by atoms with Gasteiger partial charge in [-0.15, -0.1) is 0 Å². The van der Waals surface area contributed by atoms with Crippen LogP contribution in [0.4, 0.5) is 24.5 Å². The molecule has 164 valence electrons. The van der Waals surface area contributed by atoms with Crippen molar-refractivity contribution in [3.8, 4) is 5.75 Å². The number of benzene rings is 3. The summed E-state index contributed by atoms with van der Waals surface area (Å²) in [6.07, 6.45) is -4.50. The number of halogens is 3. The molecule has 0 unspecified atom stereocenters. The number of ether oxygens (including phenoxy) is 1. The molecule has 0 aliphatic carbocycles. The molecule has 0 heterocycles. The van der Waals surface area contributed by atoms with Gasteiger partial charge in [0.25, 0.3) is 11.8 Å². The third kappa shape index (κ3) is 5.72. The van der Waals surface area contributed by atoms with Gasteiger partial charge in [-0.25, -0.2) is 0 Å². The largest absolute Gasteiger partial charge is 0.427 e. The van der Waals surface area contributed by atoms with Crippen LogP contribution in [0.1, 0.15) is 33.2 Å². The van der Waals surface area contributed by atoms with E-state index in [4.69, 9.17) is 4.74 Å². The van der Waals surface area contributed by atoms with Crippen LogP contribution in [0.2, 0.25) is 0 Å². The first-order valence-corrected chi connectivity index (χ1v) is 9.31. The van der Waals surface area contributed by atoms with Crippen LogP contribution in [-0.2, 0) is 11.0 Å². The van der Waals surface area contributed by atoms with Crippen molar-refractivity contribution in [2.45, 2.75) is 13.1 Å². The summed E-state index contributed by atoms with van der Waals surface area (Å²) in [7, 11) is 0. The third-order valence-corrected chi connectivity index (χ3v) is 4.26. The smallest absolute Gasteiger partial charge is 0.416 e. The van der Waals surface area contributed by atoms with Crippen molar-refractivity contribution in [3.05, 3.63) is 89.5 Å². The topological polar surface area (TPSA) is 84.5 Å². The Hall–Kier alpha value is -4.14. The third-order valence-electron chi connectivity index (χ3n) is 4.26. The van der Waals surface area contributed by atoms with Crippen molar-refractivity contribution in [1.29, 1.82) is 0 Å². The minimum Gasteiger partial charge on any atom is -0.427 e. The van der Waals surface area contributed by atoms with Crippen LogP contribution >= 0.6 is 0 Å². The molecule has 2 N–H and O–H groups in total. The highest BCUT2D eigenvalue weighted by Crippen LogP contribution is 2.29. The lowest BCUT2D eigenvalue weighted by molar-refractivity contribution is -0.137. The van der Waals surface area contributed by atoms with Crippen LogP contribution in [0.3, 0.4) is 0 Å². The van der Waals surface area contributed by atoms with Crippen LogP contribution in [-0.4, -0.2) is 17.8 Å². The van der Waals surface area contributed by atoms with Gasteiger partial charge in [0.15, 0.2) is 0 Å². The summed E-state index contributed by atoms with van der Waals surface area (Å²) in [4.78, 5) is 36.2. The molecular weight excluding hydrogens is 425 g/mol. The highest BCUT2D eigenvalue weighted by Gasteiger charge is 2.30. The molecule has 0 aliphatic rings. The number of para-hydroxylation sites is 2. The summed E-state index contributed by atoms with van der Waals surface area (Å²) >= 11 is 0. The van der Waals surface area contributed by atoms with E-state index in [0.717, 1.165) is 24.3 Å².